The number of aromatic nitrogens is 1. The van der Waals surface area contributed by atoms with Gasteiger partial charge in [0.2, 0.25) is 0 Å². The summed E-state index contributed by atoms with van der Waals surface area (Å²) in [6.07, 6.45) is 0. The van der Waals surface area contributed by atoms with Crippen molar-refractivity contribution in [1.29, 1.82) is 0 Å². The number of benzene rings is 2. The van der Waals surface area contributed by atoms with E-state index in [1.165, 1.54) is 25.9 Å². The number of thiophene rings is 1. The third kappa shape index (κ3) is 3.17. The molecule has 0 aliphatic heterocycles. The number of nitrogens with one attached hydrogen (secondary N) is 1. The molecule has 0 atom stereocenters. The maximum Gasteiger partial charge on any atom is 0.253 e. The van der Waals surface area contributed by atoms with Crippen molar-refractivity contribution < 1.29 is 4.79 Å². The molecule has 0 aliphatic carbocycles. The molecule has 0 aliphatic rings. The van der Waals surface area contributed by atoms with Crippen molar-refractivity contribution in [2.75, 3.05) is 27.2 Å². The second-order valence-corrected chi connectivity index (χ2v) is 8.33. The summed E-state index contributed by atoms with van der Waals surface area (Å²) in [4.78, 5) is 19.8. The zero-order chi connectivity index (χ0) is 19.1. The number of rotatable bonds is 4. The van der Waals surface area contributed by atoms with Gasteiger partial charge in [-0.25, -0.2) is 4.98 Å². The summed E-state index contributed by atoms with van der Waals surface area (Å²) in [7, 11) is 3.99. The zero-order valence-corrected chi connectivity index (χ0v) is 16.9. The van der Waals surface area contributed by atoms with E-state index in [0.717, 1.165) is 23.0 Å². The van der Waals surface area contributed by atoms with Crippen LogP contribution in [0.5, 0.6) is 0 Å². The van der Waals surface area contributed by atoms with Gasteiger partial charge in [0.15, 0.2) is 0 Å². The first kappa shape index (κ1) is 17.9. The molecule has 4 nitrogen and oxygen atoms in total. The van der Waals surface area contributed by atoms with Crippen LogP contribution in [0.25, 0.3) is 31.2 Å². The Kier molecular flexibility index (Phi) is 4.58. The summed E-state index contributed by atoms with van der Waals surface area (Å²) in [5.74, 6) is -0.0678. The minimum absolute atomic E-state index is 0.0678. The van der Waals surface area contributed by atoms with Crippen LogP contribution >= 0.6 is 11.3 Å². The second kappa shape index (κ2) is 6.91. The van der Waals surface area contributed by atoms with Crippen LogP contribution in [0.3, 0.4) is 0 Å². The lowest BCUT2D eigenvalue weighted by atomic mass is 10.1. The van der Waals surface area contributed by atoms with Crippen LogP contribution < -0.4 is 5.32 Å². The Morgan fingerprint density at radius 2 is 1.89 bits per heavy atom. The first-order chi connectivity index (χ1) is 13.0. The molecule has 0 radical (unpaired) electrons. The van der Waals surface area contributed by atoms with Gasteiger partial charge in [0.1, 0.15) is 0 Å². The van der Waals surface area contributed by atoms with Gasteiger partial charge in [-0.15, -0.1) is 11.3 Å². The van der Waals surface area contributed by atoms with Gasteiger partial charge in [-0.05, 0) is 51.2 Å². The highest BCUT2D eigenvalue weighted by Crippen LogP contribution is 2.38. The fourth-order valence-corrected chi connectivity index (χ4v) is 4.67. The first-order valence-electron chi connectivity index (χ1n) is 9.11. The lowest BCUT2D eigenvalue weighted by molar-refractivity contribution is 0.0952. The number of aryl methyl sites for hydroxylation is 2. The molecule has 2 aromatic heterocycles. The monoisotopic (exact) mass is 377 g/mol. The molecule has 2 heterocycles. The van der Waals surface area contributed by atoms with Crippen molar-refractivity contribution >= 4 is 48.4 Å². The summed E-state index contributed by atoms with van der Waals surface area (Å²) in [6, 6.07) is 12.3. The molecule has 5 heteroatoms. The van der Waals surface area contributed by atoms with E-state index in [4.69, 9.17) is 4.98 Å². The van der Waals surface area contributed by atoms with E-state index in [0.29, 0.717) is 12.1 Å². The molecule has 0 saturated heterocycles. The van der Waals surface area contributed by atoms with E-state index in [9.17, 15) is 4.79 Å². The van der Waals surface area contributed by atoms with Crippen molar-refractivity contribution in [2.45, 2.75) is 13.8 Å². The van der Waals surface area contributed by atoms with Crippen LogP contribution in [0.2, 0.25) is 0 Å². The second-order valence-electron chi connectivity index (χ2n) is 7.28. The first-order valence-corrected chi connectivity index (χ1v) is 9.92. The predicted molar refractivity (Wildman–Crippen MR) is 115 cm³/mol. The van der Waals surface area contributed by atoms with Crippen LogP contribution in [-0.2, 0) is 0 Å². The molecule has 1 amide bonds. The minimum Gasteiger partial charge on any atom is -0.351 e. The molecule has 27 heavy (non-hydrogen) atoms. The maximum atomic E-state index is 12.7. The van der Waals surface area contributed by atoms with Gasteiger partial charge in [-0.1, -0.05) is 24.3 Å². The third-order valence-electron chi connectivity index (χ3n) is 4.91. The average Bonchev–Trinajstić information content (AvgIpc) is 3.01. The molecule has 4 rings (SSSR count). The minimum atomic E-state index is -0.0678. The van der Waals surface area contributed by atoms with Gasteiger partial charge in [0.05, 0.1) is 21.3 Å². The number of carbonyl (C=O) groups is 1. The Morgan fingerprint density at radius 3 is 2.67 bits per heavy atom. The number of nitrogens with zero attached hydrogens (tertiary/aromatic N) is 2. The van der Waals surface area contributed by atoms with Gasteiger partial charge in [0.25, 0.3) is 5.91 Å². The Hall–Kier alpha value is -2.50. The Labute approximate surface area is 162 Å². The number of hydrogen-bond donors (Lipinski definition) is 1. The van der Waals surface area contributed by atoms with Crippen molar-refractivity contribution in [3.8, 4) is 0 Å². The lowest BCUT2D eigenvalue weighted by Gasteiger charge is -2.11. The number of para-hydroxylation sites is 1. The highest BCUT2D eigenvalue weighted by Gasteiger charge is 2.16. The number of pyridine rings is 1. The lowest BCUT2D eigenvalue weighted by Crippen LogP contribution is -2.31. The number of hydrogen-bond acceptors (Lipinski definition) is 4. The van der Waals surface area contributed by atoms with Gasteiger partial charge >= 0.3 is 0 Å². The number of amides is 1. The third-order valence-corrected chi connectivity index (χ3v) is 6.17. The van der Waals surface area contributed by atoms with E-state index in [2.05, 4.69) is 37.4 Å². The van der Waals surface area contributed by atoms with E-state index in [-0.39, 0.29) is 5.91 Å². The molecule has 0 spiro atoms. The summed E-state index contributed by atoms with van der Waals surface area (Å²) in [5, 5.41) is 5.22. The molecule has 2 aromatic carbocycles. The van der Waals surface area contributed by atoms with E-state index >= 15 is 0 Å². The molecule has 0 bridgehead atoms. The van der Waals surface area contributed by atoms with Crippen LogP contribution in [0.15, 0.2) is 36.4 Å². The molecule has 4 aromatic rings. The molecule has 1 N–H and O–H groups in total. The topological polar surface area (TPSA) is 45.2 Å². The van der Waals surface area contributed by atoms with Gasteiger partial charge in [-0.2, -0.15) is 0 Å². The SMILES string of the molecule is Cc1ccc(C)c2c1sc1cc3cccc(C(=O)NCCN(C)C)c3nc12. The predicted octanol–water partition coefficient (Wildman–Crippen LogP) is 4.51. The molecular formula is C22H23N3OS. The quantitative estimate of drug-likeness (QED) is 0.569. The largest absolute Gasteiger partial charge is 0.351 e. The molecule has 0 saturated carbocycles. The Bertz CT molecular complexity index is 1180. The molecular weight excluding hydrogens is 354 g/mol. The fourth-order valence-electron chi connectivity index (χ4n) is 3.43. The van der Waals surface area contributed by atoms with Gasteiger partial charge in [-0.3, -0.25) is 4.79 Å². The van der Waals surface area contributed by atoms with Crippen molar-refractivity contribution in [2.24, 2.45) is 0 Å². The highest BCUT2D eigenvalue weighted by molar-refractivity contribution is 7.26. The summed E-state index contributed by atoms with van der Waals surface area (Å²) >= 11 is 1.78. The maximum absolute atomic E-state index is 12.7. The van der Waals surface area contributed by atoms with Crippen LogP contribution in [0.4, 0.5) is 0 Å². The molecule has 0 unspecified atom stereocenters. The smallest absolute Gasteiger partial charge is 0.253 e. The van der Waals surface area contributed by atoms with E-state index < -0.39 is 0 Å². The molecule has 0 fully saturated rings. The fraction of sp³-hybridized carbons (Fsp3) is 0.273. The van der Waals surface area contributed by atoms with Crippen LogP contribution in [0, 0.1) is 13.8 Å². The molecule has 138 valence electrons. The van der Waals surface area contributed by atoms with Crippen molar-refractivity contribution in [1.82, 2.24) is 15.2 Å². The average molecular weight is 378 g/mol. The van der Waals surface area contributed by atoms with Crippen molar-refractivity contribution in [3.05, 3.63) is 53.1 Å². The summed E-state index contributed by atoms with van der Waals surface area (Å²) < 4.78 is 2.45. The highest BCUT2D eigenvalue weighted by atomic mass is 32.1. The summed E-state index contributed by atoms with van der Waals surface area (Å²) in [5.41, 5.74) is 4.90. The number of likely N-dealkylation sites (N-methyl/N-ethyl adjacent to an activating group) is 1. The van der Waals surface area contributed by atoms with E-state index in [1.54, 1.807) is 11.3 Å². The Balaban J connectivity index is 1.88. The normalized spacial score (nSPS) is 11.7. The zero-order valence-electron chi connectivity index (χ0n) is 16.1. The van der Waals surface area contributed by atoms with Gasteiger partial charge < -0.3 is 10.2 Å². The van der Waals surface area contributed by atoms with Crippen LogP contribution in [0.1, 0.15) is 21.5 Å². The standard InChI is InChI=1S/C22H23N3OS/c1-13-8-9-14(2)21-18(13)20-17(27-21)12-15-6-5-7-16(19(15)24-20)22(26)23-10-11-25(3)4/h5-9,12H,10-11H2,1-4H3,(H,23,26). The van der Waals surface area contributed by atoms with Crippen molar-refractivity contribution in [3.63, 3.8) is 0 Å². The Morgan fingerprint density at radius 1 is 1.11 bits per heavy atom. The summed E-state index contributed by atoms with van der Waals surface area (Å²) in [6.45, 7) is 5.69. The van der Waals surface area contributed by atoms with Gasteiger partial charge in [0, 0.05) is 28.6 Å². The van der Waals surface area contributed by atoms with Crippen LogP contribution in [-0.4, -0.2) is 43.0 Å². The number of carbonyl (C=O) groups excluding carboxylic acids is 1. The van der Waals surface area contributed by atoms with E-state index in [1.807, 2.05) is 37.2 Å². The number of fused-ring (bicyclic) bond motifs is 4.